The van der Waals surface area contributed by atoms with Gasteiger partial charge in [0.2, 0.25) is 0 Å². The Kier molecular flexibility index (Phi) is 7.56. The molecular formula is C18H27F3N4O. The fourth-order valence-corrected chi connectivity index (χ4v) is 2.88. The molecule has 1 aromatic carbocycles. The topological polar surface area (TPSA) is 48.9 Å². The quantitative estimate of drug-likeness (QED) is 0.571. The van der Waals surface area contributed by atoms with E-state index in [1.807, 2.05) is 0 Å². The third-order valence-corrected chi connectivity index (χ3v) is 4.38. The number of nitrogens with zero attached hydrogens (tertiary/aromatic N) is 2. The summed E-state index contributed by atoms with van der Waals surface area (Å²) in [6, 6.07) is 6.55. The van der Waals surface area contributed by atoms with Crippen LogP contribution in [0.4, 0.5) is 13.2 Å². The second-order valence-electron chi connectivity index (χ2n) is 6.40. The van der Waals surface area contributed by atoms with Gasteiger partial charge in [-0.3, -0.25) is 4.99 Å². The van der Waals surface area contributed by atoms with Crippen LogP contribution in [0.15, 0.2) is 29.3 Å². The van der Waals surface area contributed by atoms with E-state index in [1.165, 1.54) is 18.6 Å². The zero-order chi connectivity index (χ0) is 19.0. The summed E-state index contributed by atoms with van der Waals surface area (Å²) in [5.74, 6) is 1.55. The number of rotatable bonds is 7. The highest BCUT2D eigenvalue weighted by atomic mass is 19.4. The number of aliphatic imine (C=N–C) groups is 1. The van der Waals surface area contributed by atoms with Crippen molar-refractivity contribution in [1.82, 2.24) is 15.5 Å². The molecule has 1 unspecified atom stereocenters. The van der Waals surface area contributed by atoms with Crippen molar-refractivity contribution in [2.75, 3.05) is 39.8 Å². The van der Waals surface area contributed by atoms with Crippen molar-refractivity contribution in [2.24, 2.45) is 10.9 Å². The lowest BCUT2D eigenvalue weighted by molar-refractivity contribution is -0.153. The van der Waals surface area contributed by atoms with Gasteiger partial charge in [-0.25, -0.2) is 0 Å². The number of halogens is 3. The SMILES string of the molecule is CCN1CCC(CNC(=NC)NCc2ccc(OCC(F)(F)F)cc2)C1. The average molecular weight is 372 g/mol. The fraction of sp³-hybridized carbons (Fsp3) is 0.611. The first-order valence-electron chi connectivity index (χ1n) is 8.85. The minimum Gasteiger partial charge on any atom is -0.484 e. The molecule has 0 aromatic heterocycles. The first-order chi connectivity index (χ1) is 12.4. The molecule has 0 bridgehead atoms. The summed E-state index contributed by atoms with van der Waals surface area (Å²) in [5.41, 5.74) is 0.935. The second-order valence-corrected chi connectivity index (χ2v) is 6.40. The number of benzene rings is 1. The Balaban J connectivity index is 1.72. The normalized spacial score (nSPS) is 18.8. The molecule has 0 saturated carbocycles. The molecule has 1 heterocycles. The van der Waals surface area contributed by atoms with Crippen molar-refractivity contribution in [3.05, 3.63) is 29.8 Å². The molecule has 0 aliphatic carbocycles. The van der Waals surface area contributed by atoms with E-state index in [9.17, 15) is 13.2 Å². The highest BCUT2D eigenvalue weighted by Crippen LogP contribution is 2.19. The van der Waals surface area contributed by atoms with E-state index in [1.54, 1.807) is 19.2 Å². The van der Waals surface area contributed by atoms with Crippen molar-refractivity contribution >= 4 is 5.96 Å². The molecule has 1 fully saturated rings. The zero-order valence-corrected chi connectivity index (χ0v) is 15.3. The smallest absolute Gasteiger partial charge is 0.422 e. The maximum absolute atomic E-state index is 12.1. The molecule has 146 valence electrons. The predicted octanol–water partition coefficient (Wildman–Crippen LogP) is 2.63. The molecule has 8 heteroatoms. The van der Waals surface area contributed by atoms with Gasteiger partial charge in [0.15, 0.2) is 12.6 Å². The van der Waals surface area contributed by atoms with Gasteiger partial charge in [0, 0.05) is 26.7 Å². The molecule has 26 heavy (non-hydrogen) atoms. The van der Waals surface area contributed by atoms with Crippen LogP contribution in [-0.2, 0) is 6.54 Å². The monoisotopic (exact) mass is 372 g/mol. The molecule has 0 radical (unpaired) electrons. The van der Waals surface area contributed by atoms with E-state index in [0.29, 0.717) is 12.5 Å². The summed E-state index contributed by atoms with van der Waals surface area (Å²) in [4.78, 5) is 6.64. The number of alkyl halides is 3. The highest BCUT2D eigenvalue weighted by Gasteiger charge is 2.28. The van der Waals surface area contributed by atoms with Gasteiger partial charge in [-0.05, 0) is 43.1 Å². The lowest BCUT2D eigenvalue weighted by Crippen LogP contribution is -2.39. The van der Waals surface area contributed by atoms with E-state index in [-0.39, 0.29) is 5.75 Å². The first kappa shape index (κ1) is 20.4. The molecule has 2 rings (SSSR count). The lowest BCUT2D eigenvalue weighted by Gasteiger charge is -2.16. The summed E-state index contributed by atoms with van der Waals surface area (Å²) in [6.07, 6.45) is -3.14. The van der Waals surface area contributed by atoms with Crippen LogP contribution in [0.1, 0.15) is 18.9 Å². The number of hydrogen-bond donors (Lipinski definition) is 2. The minimum atomic E-state index is -4.33. The van der Waals surface area contributed by atoms with Crippen molar-refractivity contribution in [3.8, 4) is 5.75 Å². The Morgan fingerprint density at radius 2 is 2.00 bits per heavy atom. The Morgan fingerprint density at radius 1 is 1.27 bits per heavy atom. The molecule has 1 aromatic rings. The summed E-state index contributed by atoms with van der Waals surface area (Å²) in [6.45, 7) is 5.66. The highest BCUT2D eigenvalue weighted by molar-refractivity contribution is 5.79. The van der Waals surface area contributed by atoms with Gasteiger partial charge in [-0.1, -0.05) is 19.1 Å². The zero-order valence-electron chi connectivity index (χ0n) is 15.3. The van der Waals surface area contributed by atoms with Crippen molar-refractivity contribution in [3.63, 3.8) is 0 Å². The second kappa shape index (κ2) is 9.66. The summed E-state index contributed by atoms with van der Waals surface area (Å²) in [5, 5.41) is 6.55. The summed E-state index contributed by atoms with van der Waals surface area (Å²) < 4.78 is 41.1. The Labute approximate surface area is 152 Å². The van der Waals surface area contributed by atoms with Gasteiger partial charge in [-0.15, -0.1) is 0 Å². The number of hydrogen-bond acceptors (Lipinski definition) is 3. The molecule has 1 aliphatic heterocycles. The van der Waals surface area contributed by atoms with Crippen molar-refractivity contribution in [1.29, 1.82) is 0 Å². The third-order valence-electron chi connectivity index (χ3n) is 4.38. The van der Waals surface area contributed by atoms with Gasteiger partial charge in [0.05, 0.1) is 0 Å². The fourth-order valence-electron chi connectivity index (χ4n) is 2.88. The average Bonchev–Trinajstić information content (AvgIpc) is 3.08. The van der Waals surface area contributed by atoms with Crippen LogP contribution in [0.5, 0.6) is 5.75 Å². The van der Waals surface area contributed by atoms with Gasteiger partial charge in [-0.2, -0.15) is 13.2 Å². The van der Waals surface area contributed by atoms with Gasteiger partial charge in [0.1, 0.15) is 5.75 Å². The van der Waals surface area contributed by atoms with Crippen molar-refractivity contribution < 1.29 is 17.9 Å². The maximum atomic E-state index is 12.1. The van der Waals surface area contributed by atoms with E-state index in [0.717, 1.165) is 37.7 Å². The van der Waals surface area contributed by atoms with E-state index >= 15 is 0 Å². The Hall–Kier alpha value is -1.96. The number of guanidine groups is 1. The van der Waals surface area contributed by atoms with Gasteiger partial charge in [0.25, 0.3) is 0 Å². The van der Waals surface area contributed by atoms with E-state index < -0.39 is 12.8 Å². The first-order valence-corrected chi connectivity index (χ1v) is 8.85. The maximum Gasteiger partial charge on any atom is 0.422 e. The van der Waals surface area contributed by atoms with Crippen LogP contribution in [0.25, 0.3) is 0 Å². The van der Waals surface area contributed by atoms with E-state index in [2.05, 4.69) is 27.4 Å². The molecule has 1 aliphatic rings. The molecule has 2 N–H and O–H groups in total. The number of ether oxygens (including phenoxy) is 1. The molecule has 1 atom stereocenters. The molecule has 5 nitrogen and oxygen atoms in total. The number of likely N-dealkylation sites (tertiary alicyclic amines) is 1. The third kappa shape index (κ3) is 7.11. The standard InChI is InChI=1S/C18H27F3N4O/c1-3-25-9-8-15(12-25)11-24-17(22-2)23-10-14-4-6-16(7-5-14)26-13-18(19,20)21/h4-7,15H,3,8-13H2,1-2H3,(H2,22,23,24). The predicted molar refractivity (Wildman–Crippen MR) is 96.4 cm³/mol. The molecular weight excluding hydrogens is 345 g/mol. The van der Waals surface area contributed by atoms with E-state index in [4.69, 9.17) is 4.74 Å². The summed E-state index contributed by atoms with van der Waals surface area (Å²) in [7, 11) is 1.72. The van der Waals surface area contributed by atoms with Crippen LogP contribution in [0.2, 0.25) is 0 Å². The van der Waals surface area contributed by atoms with Crippen LogP contribution in [0.3, 0.4) is 0 Å². The van der Waals surface area contributed by atoms with Gasteiger partial charge < -0.3 is 20.3 Å². The molecule has 0 spiro atoms. The van der Waals surface area contributed by atoms with Crippen LogP contribution in [-0.4, -0.2) is 56.9 Å². The van der Waals surface area contributed by atoms with Crippen LogP contribution < -0.4 is 15.4 Å². The minimum absolute atomic E-state index is 0.204. The molecule has 1 saturated heterocycles. The Morgan fingerprint density at radius 3 is 2.58 bits per heavy atom. The van der Waals surface area contributed by atoms with Crippen LogP contribution in [0, 0.1) is 5.92 Å². The lowest BCUT2D eigenvalue weighted by atomic mass is 10.1. The summed E-state index contributed by atoms with van der Waals surface area (Å²) >= 11 is 0. The van der Waals surface area contributed by atoms with Crippen LogP contribution >= 0.6 is 0 Å². The van der Waals surface area contributed by atoms with Crippen molar-refractivity contribution in [2.45, 2.75) is 26.1 Å². The van der Waals surface area contributed by atoms with Gasteiger partial charge >= 0.3 is 6.18 Å². The number of nitrogens with one attached hydrogen (secondary N) is 2. The molecule has 0 amide bonds. The largest absolute Gasteiger partial charge is 0.484 e. The Bertz CT molecular complexity index is 575.